The minimum Gasteiger partial charge on any atom is -0.471 e. The summed E-state index contributed by atoms with van der Waals surface area (Å²) < 4.78 is 15.3. The second-order valence-electron chi connectivity index (χ2n) is 4.25. The Bertz CT molecular complexity index is 428. The van der Waals surface area contributed by atoms with E-state index in [1.807, 2.05) is 26.0 Å². The molecule has 106 valence electrons. The van der Waals surface area contributed by atoms with Crippen molar-refractivity contribution >= 4 is 21.9 Å². The quantitative estimate of drug-likeness (QED) is 0.436. The number of aromatic nitrogens is 1. The van der Waals surface area contributed by atoms with Gasteiger partial charge in [0.15, 0.2) is 5.76 Å². The van der Waals surface area contributed by atoms with Gasteiger partial charge in [0.1, 0.15) is 12.5 Å². The maximum atomic E-state index is 11.7. The van der Waals surface area contributed by atoms with Crippen LogP contribution in [0.2, 0.25) is 0 Å². The Hall–Kier alpha value is -1.30. The lowest BCUT2D eigenvalue weighted by Gasteiger charge is -2.14. The van der Waals surface area contributed by atoms with Gasteiger partial charge in [0.2, 0.25) is 0 Å². The van der Waals surface area contributed by atoms with Crippen molar-refractivity contribution in [3.63, 3.8) is 0 Å². The van der Waals surface area contributed by atoms with Gasteiger partial charge in [0, 0.05) is 11.4 Å². The van der Waals surface area contributed by atoms with Crippen LogP contribution in [-0.4, -0.2) is 30.2 Å². The van der Waals surface area contributed by atoms with Gasteiger partial charge in [-0.3, -0.25) is 4.79 Å². The predicted octanol–water partition coefficient (Wildman–Crippen LogP) is 2.92. The third-order valence-corrected chi connectivity index (χ3v) is 2.89. The molecule has 6 heteroatoms. The molecule has 1 aromatic rings. The summed E-state index contributed by atoms with van der Waals surface area (Å²) in [5.41, 5.74) is 0. The SMILES string of the molecule is COC(=O)C(c1cc(OC/C=C/CBr)no1)C(C)C. The Balaban J connectivity index is 2.70. The summed E-state index contributed by atoms with van der Waals surface area (Å²) in [5.74, 6) is 0.0801. The molecule has 0 aromatic carbocycles. The van der Waals surface area contributed by atoms with Gasteiger partial charge in [-0.2, -0.15) is 0 Å². The van der Waals surface area contributed by atoms with E-state index < -0.39 is 5.92 Å². The number of hydrogen-bond acceptors (Lipinski definition) is 5. The molecule has 0 saturated carbocycles. The molecule has 1 aromatic heterocycles. The number of alkyl halides is 1. The van der Waals surface area contributed by atoms with Crippen LogP contribution in [0.15, 0.2) is 22.7 Å². The largest absolute Gasteiger partial charge is 0.471 e. The molecule has 0 N–H and O–H groups in total. The Labute approximate surface area is 121 Å². The summed E-state index contributed by atoms with van der Waals surface area (Å²) in [4.78, 5) is 11.7. The highest BCUT2D eigenvalue weighted by molar-refractivity contribution is 9.09. The standard InChI is InChI=1S/C13H18BrNO4/c1-9(2)12(13(16)17-3)10-8-11(15-19-10)18-7-5-4-6-14/h4-5,8-9,12H,6-7H2,1-3H3/b5-4+. The van der Waals surface area contributed by atoms with Gasteiger partial charge in [-0.1, -0.05) is 41.9 Å². The summed E-state index contributed by atoms with van der Waals surface area (Å²) in [6, 6.07) is 1.63. The highest BCUT2D eigenvalue weighted by Gasteiger charge is 2.29. The third-order valence-electron chi connectivity index (χ3n) is 2.52. The normalized spacial score (nSPS) is 12.9. The number of ether oxygens (including phenoxy) is 2. The smallest absolute Gasteiger partial charge is 0.316 e. The Morgan fingerprint density at radius 3 is 2.84 bits per heavy atom. The minimum absolute atomic E-state index is 0.0570. The number of halogens is 1. The van der Waals surface area contributed by atoms with E-state index in [1.54, 1.807) is 6.07 Å². The molecular weight excluding hydrogens is 314 g/mol. The number of hydrogen-bond donors (Lipinski definition) is 0. The van der Waals surface area contributed by atoms with E-state index in [0.29, 0.717) is 18.2 Å². The second kappa shape index (κ2) is 7.99. The summed E-state index contributed by atoms with van der Waals surface area (Å²) in [7, 11) is 1.36. The van der Waals surface area contributed by atoms with Gasteiger partial charge >= 0.3 is 5.97 Å². The topological polar surface area (TPSA) is 61.6 Å². The predicted molar refractivity (Wildman–Crippen MR) is 74.5 cm³/mol. The summed E-state index contributed by atoms with van der Waals surface area (Å²) in [6.45, 7) is 4.24. The first-order valence-electron chi connectivity index (χ1n) is 5.98. The molecule has 1 rings (SSSR count). The second-order valence-corrected chi connectivity index (χ2v) is 4.90. The van der Waals surface area contributed by atoms with Crippen LogP contribution in [0.3, 0.4) is 0 Å². The number of carbonyl (C=O) groups is 1. The van der Waals surface area contributed by atoms with E-state index in [1.165, 1.54) is 7.11 Å². The van der Waals surface area contributed by atoms with Crippen molar-refractivity contribution in [3.8, 4) is 5.88 Å². The summed E-state index contributed by atoms with van der Waals surface area (Å²) >= 11 is 3.27. The van der Waals surface area contributed by atoms with Crippen molar-refractivity contribution in [1.82, 2.24) is 5.16 Å². The van der Waals surface area contributed by atoms with Crippen LogP contribution in [-0.2, 0) is 9.53 Å². The van der Waals surface area contributed by atoms with E-state index >= 15 is 0 Å². The molecule has 5 nitrogen and oxygen atoms in total. The van der Waals surface area contributed by atoms with Crippen molar-refractivity contribution < 1.29 is 18.8 Å². The Kier molecular flexibility index (Phi) is 6.62. The van der Waals surface area contributed by atoms with Crippen molar-refractivity contribution in [3.05, 3.63) is 24.0 Å². The maximum absolute atomic E-state index is 11.7. The maximum Gasteiger partial charge on any atom is 0.316 e. The number of carbonyl (C=O) groups excluding carboxylic acids is 1. The van der Waals surface area contributed by atoms with Crippen molar-refractivity contribution in [1.29, 1.82) is 0 Å². The van der Waals surface area contributed by atoms with Gasteiger partial charge < -0.3 is 14.0 Å². The third kappa shape index (κ3) is 4.70. The molecule has 0 saturated heterocycles. The molecular formula is C13H18BrNO4. The molecule has 0 bridgehead atoms. The molecule has 0 aliphatic heterocycles. The fourth-order valence-electron chi connectivity index (χ4n) is 1.60. The zero-order chi connectivity index (χ0) is 14.3. The van der Waals surface area contributed by atoms with E-state index in [9.17, 15) is 4.79 Å². The highest BCUT2D eigenvalue weighted by Crippen LogP contribution is 2.28. The molecule has 0 amide bonds. The molecule has 19 heavy (non-hydrogen) atoms. The molecule has 0 aliphatic rings. The fourth-order valence-corrected chi connectivity index (χ4v) is 1.86. The van der Waals surface area contributed by atoms with Crippen LogP contribution >= 0.6 is 15.9 Å². The average molecular weight is 332 g/mol. The monoisotopic (exact) mass is 331 g/mol. The number of esters is 1. The number of methoxy groups -OCH3 is 1. The molecule has 1 atom stereocenters. The van der Waals surface area contributed by atoms with E-state index in [-0.39, 0.29) is 11.9 Å². The van der Waals surface area contributed by atoms with Gasteiger partial charge in [-0.05, 0) is 11.1 Å². The van der Waals surface area contributed by atoms with Crippen molar-refractivity contribution in [2.24, 2.45) is 5.92 Å². The van der Waals surface area contributed by atoms with Crippen LogP contribution in [0.1, 0.15) is 25.5 Å². The first-order valence-corrected chi connectivity index (χ1v) is 7.10. The Morgan fingerprint density at radius 2 is 2.26 bits per heavy atom. The number of nitrogens with zero attached hydrogens (tertiary/aromatic N) is 1. The lowest BCUT2D eigenvalue weighted by atomic mass is 9.93. The molecule has 0 spiro atoms. The van der Waals surface area contributed by atoms with Crippen molar-refractivity contribution in [2.45, 2.75) is 19.8 Å². The van der Waals surface area contributed by atoms with Gasteiger partial charge in [0.05, 0.1) is 7.11 Å². The minimum atomic E-state index is -0.465. The summed E-state index contributed by atoms with van der Waals surface area (Å²) in [5, 5.41) is 4.56. The Morgan fingerprint density at radius 1 is 1.53 bits per heavy atom. The van der Waals surface area contributed by atoms with Crippen molar-refractivity contribution in [2.75, 3.05) is 19.0 Å². The number of allylic oxidation sites excluding steroid dienone is 1. The van der Waals surface area contributed by atoms with Gasteiger partial charge in [-0.25, -0.2) is 0 Å². The average Bonchev–Trinajstić information content (AvgIpc) is 2.82. The van der Waals surface area contributed by atoms with Crippen LogP contribution in [0, 0.1) is 5.92 Å². The van der Waals surface area contributed by atoms with Crippen LogP contribution in [0.25, 0.3) is 0 Å². The van der Waals surface area contributed by atoms with Crippen LogP contribution in [0.4, 0.5) is 0 Å². The number of rotatable bonds is 7. The zero-order valence-corrected chi connectivity index (χ0v) is 12.8. The zero-order valence-electron chi connectivity index (χ0n) is 11.3. The lowest BCUT2D eigenvalue weighted by Crippen LogP contribution is -2.19. The highest BCUT2D eigenvalue weighted by atomic mass is 79.9. The van der Waals surface area contributed by atoms with Gasteiger partial charge in [-0.15, -0.1) is 0 Å². The molecule has 0 aliphatic carbocycles. The molecule has 1 unspecified atom stereocenters. The lowest BCUT2D eigenvalue weighted by molar-refractivity contribution is -0.144. The first kappa shape index (κ1) is 15.8. The molecule has 1 heterocycles. The molecule has 0 radical (unpaired) electrons. The first-order chi connectivity index (χ1) is 9.10. The fraction of sp³-hybridized carbons (Fsp3) is 0.538. The van der Waals surface area contributed by atoms with Crippen LogP contribution in [0.5, 0.6) is 5.88 Å². The molecule has 0 fully saturated rings. The van der Waals surface area contributed by atoms with E-state index in [2.05, 4.69) is 21.1 Å². The van der Waals surface area contributed by atoms with Gasteiger partial charge in [0.25, 0.3) is 5.88 Å². The van der Waals surface area contributed by atoms with E-state index in [4.69, 9.17) is 14.0 Å². The van der Waals surface area contributed by atoms with Crippen LogP contribution < -0.4 is 4.74 Å². The van der Waals surface area contributed by atoms with E-state index in [0.717, 1.165) is 5.33 Å². The summed E-state index contributed by atoms with van der Waals surface area (Å²) in [6.07, 6.45) is 3.79.